The van der Waals surface area contributed by atoms with Gasteiger partial charge >= 0.3 is 0 Å². The van der Waals surface area contributed by atoms with Crippen molar-refractivity contribution in [1.29, 1.82) is 0 Å². The fourth-order valence-electron chi connectivity index (χ4n) is 1.94. The smallest absolute Gasteiger partial charge is 0.219 e. The second-order valence-corrected chi connectivity index (χ2v) is 5.01. The van der Waals surface area contributed by atoms with Crippen molar-refractivity contribution in [2.24, 2.45) is 0 Å². The molecule has 0 saturated heterocycles. The molecule has 1 aliphatic carbocycles. The summed E-state index contributed by atoms with van der Waals surface area (Å²) in [4.78, 5) is 14.9. The van der Waals surface area contributed by atoms with Crippen LogP contribution >= 0.6 is 11.6 Å². The van der Waals surface area contributed by atoms with E-state index in [0.717, 1.165) is 6.29 Å². The summed E-state index contributed by atoms with van der Waals surface area (Å²) in [5.74, 6) is 1.79. The van der Waals surface area contributed by atoms with Gasteiger partial charge in [0.05, 0.1) is 5.02 Å². The lowest BCUT2D eigenvalue weighted by atomic mass is 10.2. The summed E-state index contributed by atoms with van der Waals surface area (Å²) in [6.07, 6.45) is 4.95. The fraction of sp³-hybridized carbons (Fsp3) is 0.200. The van der Waals surface area contributed by atoms with Crippen LogP contribution < -0.4 is 4.74 Å². The number of pyridine rings is 1. The van der Waals surface area contributed by atoms with Gasteiger partial charge in [-0.3, -0.25) is 4.79 Å². The Morgan fingerprint density at radius 1 is 1.26 bits per heavy atom. The predicted molar refractivity (Wildman–Crippen MR) is 73.1 cm³/mol. The van der Waals surface area contributed by atoms with E-state index in [1.165, 1.54) is 18.4 Å². The molecule has 96 valence electrons. The number of ether oxygens (including phenoxy) is 1. The molecule has 0 bridgehead atoms. The molecule has 1 saturated carbocycles. The highest BCUT2D eigenvalue weighted by molar-refractivity contribution is 6.33. The van der Waals surface area contributed by atoms with Crippen LogP contribution in [0, 0.1) is 0 Å². The summed E-state index contributed by atoms with van der Waals surface area (Å²) in [5, 5.41) is 0.380. The van der Waals surface area contributed by atoms with E-state index in [4.69, 9.17) is 16.3 Å². The Morgan fingerprint density at radius 2 is 2.11 bits per heavy atom. The summed E-state index contributed by atoms with van der Waals surface area (Å²) >= 11 is 5.96. The topological polar surface area (TPSA) is 39.2 Å². The summed E-state index contributed by atoms with van der Waals surface area (Å²) in [5.41, 5.74) is 1.72. The second-order valence-electron chi connectivity index (χ2n) is 4.60. The molecule has 0 spiro atoms. The Hall–Kier alpha value is -1.87. The van der Waals surface area contributed by atoms with Gasteiger partial charge < -0.3 is 4.74 Å². The van der Waals surface area contributed by atoms with Crippen LogP contribution in [0.2, 0.25) is 5.02 Å². The van der Waals surface area contributed by atoms with Crippen molar-refractivity contribution in [2.45, 2.75) is 18.8 Å². The first-order valence-corrected chi connectivity index (χ1v) is 6.52. The van der Waals surface area contributed by atoms with Gasteiger partial charge in [-0.25, -0.2) is 4.98 Å². The van der Waals surface area contributed by atoms with Crippen molar-refractivity contribution < 1.29 is 9.53 Å². The minimum atomic E-state index is 0.380. The molecule has 0 radical (unpaired) electrons. The van der Waals surface area contributed by atoms with Crippen LogP contribution in [-0.2, 0) is 0 Å². The minimum absolute atomic E-state index is 0.380. The number of halogens is 1. The molecule has 1 heterocycles. The first kappa shape index (κ1) is 12.2. The predicted octanol–water partition coefficient (Wildman–Crippen LogP) is 4.22. The number of aldehydes is 1. The summed E-state index contributed by atoms with van der Waals surface area (Å²) in [6, 6.07) is 8.94. The van der Waals surface area contributed by atoms with Crippen LogP contribution in [0.25, 0.3) is 0 Å². The maximum Gasteiger partial charge on any atom is 0.219 e. The first-order chi connectivity index (χ1) is 9.26. The van der Waals surface area contributed by atoms with Crippen LogP contribution in [0.5, 0.6) is 11.6 Å². The molecule has 1 fully saturated rings. The molecule has 2 aromatic rings. The van der Waals surface area contributed by atoms with E-state index in [1.54, 1.807) is 24.4 Å². The molecule has 1 aromatic carbocycles. The van der Waals surface area contributed by atoms with Crippen molar-refractivity contribution in [3.05, 3.63) is 52.7 Å². The molecule has 4 heteroatoms. The number of aromatic nitrogens is 1. The molecule has 19 heavy (non-hydrogen) atoms. The van der Waals surface area contributed by atoms with Crippen molar-refractivity contribution in [3.8, 4) is 11.6 Å². The Bertz CT molecular complexity index is 623. The lowest BCUT2D eigenvalue weighted by molar-refractivity contribution is 0.112. The van der Waals surface area contributed by atoms with Crippen molar-refractivity contribution in [3.63, 3.8) is 0 Å². The minimum Gasteiger partial charge on any atom is -0.439 e. The van der Waals surface area contributed by atoms with Crippen molar-refractivity contribution in [1.82, 2.24) is 4.98 Å². The molecule has 3 nitrogen and oxygen atoms in total. The number of benzene rings is 1. The van der Waals surface area contributed by atoms with Crippen LogP contribution in [-0.4, -0.2) is 11.3 Å². The van der Waals surface area contributed by atoms with Gasteiger partial charge in [-0.05, 0) is 42.5 Å². The molecule has 0 N–H and O–H groups in total. The average molecular weight is 274 g/mol. The van der Waals surface area contributed by atoms with E-state index in [9.17, 15) is 4.79 Å². The fourth-order valence-corrected chi connectivity index (χ4v) is 2.15. The normalized spacial score (nSPS) is 14.2. The molecule has 1 aliphatic rings. The first-order valence-electron chi connectivity index (χ1n) is 6.15. The van der Waals surface area contributed by atoms with Crippen LogP contribution in [0.1, 0.15) is 34.7 Å². The van der Waals surface area contributed by atoms with Crippen LogP contribution in [0.4, 0.5) is 0 Å². The number of nitrogens with zero attached hydrogens (tertiary/aromatic N) is 1. The van der Waals surface area contributed by atoms with Crippen LogP contribution in [0.3, 0.4) is 0 Å². The molecule has 0 aliphatic heterocycles. The average Bonchev–Trinajstić information content (AvgIpc) is 3.24. The third-order valence-electron chi connectivity index (χ3n) is 3.13. The molecular formula is C15H12ClNO2. The third kappa shape index (κ3) is 2.76. The summed E-state index contributed by atoms with van der Waals surface area (Å²) in [6.45, 7) is 0. The van der Waals surface area contributed by atoms with E-state index >= 15 is 0 Å². The van der Waals surface area contributed by atoms with E-state index in [2.05, 4.69) is 4.98 Å². The highest BCUT2D eigenvalue weighted by atomic mass is 35.5. The summed E-state index contributed by atoms with van der Waals surface area (Å²) in [7, 11) is 0. The number of carbonyl (C=O) groups is 1. The number of hydrogen-bond donors (Lipinski definition) is 0. The lowest BCUT2D eigenvalue weighted by Gasteiger charge is -2.07. The van der Waals surface area contributed by atoms with Gasteiger partial charge in [-0.15, -0.1) is 0 Å². The van der Waals surface area contributed by atoms with E-state index in [1.807, 2.05) is 12.1 Å². The summed E-state index contributed by atoms with van der Waals surface area (Å²) < 4.78 is 5.67. The SMILES string of the molecule is O=Cc1ccc(Oc2cc(C3CC3)ccn2)cc1Cl. The second kappa shape index (κ2) is 5.02. The van der Waals surface area contributed by atoms with E-state index in [-0.39, 0.29) is 0 Å². The molecule has 1 aromatic heterocycles. The molecular weight excluding hydrogens is 262 g/mol. The number of carbonyl (C=O) groups excluding carboxylic acids is 1. The Kier molecular flexibility index (Phi) is 3.22. The quantitative estimate of drug-likeness (QED) is 0.783. The standard InChI is InChI=1S/C15H12ClNO2/c16-14-8-13(4-3-12(14)9-18)19-15-7-11(5-6-17-15)10-1-2-10/h3-10H,1-2H2. The van der Waals surface area contributed by atoms with Gasteiger partial charge in [-0.2, -0.15) is 0 Å². The van der Waals surface area contributed by atoms with Gasteiger partial charge in [0.2, 0.25) is 5.88 Å². The van der Waals surface area contributed by atoms with Gasteiger partial charge in [0.15, 0.2) is 6.29 Å². The molecule has 0 amide bonds. The van der Waals surface area contributed by atoms with Crippen LogP contribution in [0.15, 0.2) is 36.5 Å². The van der Waals surface area contributed by atoms with Crippen molar-refractivity contribution in [2.75, 3.05) is 0 Å². The zero-order valence-electron chi connectivity index (χ0n) is 10.2. The van der Waals surface area contributed by atoms with Crippen molar-refractivity contribution >= 4 is 17.9 Å². The molecule has 3 rings (SSSR count). The number of hydrogen-bond acceptors (Lipinski definition) is 3. The third-order valence-corrected chi connectivity index (χ3v) is 3.46. The van der Waals surface area contributed by atoms with E-state index < -0.39 is 0 Å². The lowest BCUT2D eigenvalue weighted by Crippen LogP contribution is -1.91. The number of rotatable bonds is 4. The zero-order chi connectivity index (χ0) is 13.2. The highest BCUT2D eigenvalue weighted by Crippen LogP contribution is 2.40. The Morgan fingerprint density at radius 3 is 2.79 bits per heavy atom. The van der Waals surface area contributed by atoms with Gasteiger partial charge in [0, 0.05) is 23.9 Å². The Balaban J connectivity index is 1.82. The monoisotopic (exact) mass is 273 g/mol. The van der Waals surface area contributed by atoms with Gasteiger partial charge in [0.1, 0.15) is 5.75 Å². The Labute approximate surface area is 116 Å². The zero-order valence-corrected chi connectivity index (χ0v) is 10.9. The highest BCUT2D eigenvalue weighted by Gasteiger charge is 2.23. The van der Waals surface area contributed by atoms with Gasteiger partial charge in [0.25, 0.3) is 0 Å². The maximum atomic E-state index is 10.7. The largest absolute Gasteiger partial charge is 0.439 e. The molecule has 0 unspecified atom stereocenters. The molecule has 0 atom stereocenters. The van der Waals surface area contributed by atoms with Gasteiger partial charge in [-0.1, -0.05) is 11.6 Å². The van der Waals surface area contributed by atoms with E-state index in [0.29, 0.717) is 28.1 Å². The maximum absolute atomic E-state index is 10.7.